The fourth-order valence-electron chi connectivity index (χ4n) is 12.7. The molecule has 554 valence electrons. The number of esters is 1. The number of nitrogens with one attached hydrogen (secondary N) is 1. The summed E-state index contributed by atoms with van der Waals surface area (Å²) in [5.74, 6) is -1.18. The van der Waals surface area contributed by atoms with E-state index in [1.807, 2.05) is 6.08 Å². The minimum Gasteiger partial charge on any atom is -0.454 e. The summed E-state index contributed by atoms with van der Waals surface area (Å²) >= 11 is 0. The molecular weight excluding hydrogens is 1180 g/mol. The number of unbranched alkanes of at least 4 members (excludes halogenated alkanes) is 47. The largest absolute Gasteiger partial charge is 0.454 e. The maximum atomic E-state index is 13.6. The highest BCUT2D eigenvalue weighted by atomic mass is 16.7. The Labute approximate surface area is 585 Å². The van der Waals surface area contributed by atoms with Gasteiger partial charge in [-0.1, -0.05) is 357 Å². The fraction of sp³-hybridized carbons (Fsp3) is 0.833. The molecule has 8 atom stereocenters. The van der Waals surface area contributed by atoms with E-state index < -0.39 is 67.4 Å². The van der Waals surface area contributed by atoms with Crippen molar-refractivity contribution in [2.45, 2.75) is 436 Å². The molecule has 0 radical (unpaired) electrons. The van der Waals surface area contributed by atoms with Crippen LogP contribution in [0.1, 0.15) is 387 Å². The van der Waals surface area contributed by atoms with Crippen molar-refractivity contribution in [1.82, 2.24) is 5.32 Å². The SMILES string of the molecule is CCCCC/C=C\C/C=C\C/C=C\CCCCCCCCCCCCCCCCC(=O)OC1C(OCC(NC(=O)C(O)CCCCCCCCCCCCCCCCCC/C=C\C/C=C\CCCCC)C(O)/C=C/CCCCCCCCCCCCC)OC(CO)C(O)C1O. The maximum absolute atomic E-state index is 13.6. The molecule has 11 heteroatoms. The lowest BCUT2D eigenvalue weighted by Gasteiger charge is -2.41. The van der Waals surface area contributed by atoms with Gasteiger partial charge in [0.05, 0.1) is 25.4 Å². The molecule has 1 aliphatic heterocycles. The van der Waals surface area contributed by atoms with E-state index in [0.29, 0.717) is 19.3 Å². The Morgan fingerprint density at radius 2 is 0.726 bits per heavy atom. The van der Waals surface area contributed by atoms with Gasteiger partial charge < -0.3 is 45.1 Å². The van der Waals surface area contributed by atoms with E-state index in [9.17, 15) is 35.1 Å². The highest BCUT2D eigenvalue weighted by molar-refractivity contribution is 5.80. The van der Waals surface area contributed by atoms with Crippen LogP contribution in [0.25, 0.3) is 0 Å². The Morgan fingerprint density at radius 3 is 1.11 bits per heavy atom. The minimum atomic E-state index is -1.62. The smallest absolute Gasteiger partial charge is 0.306 e. The van der Waals surface area contributed by atoms with Gasteiger partial charge in [-0.15, -0.1) is 0 Å². The summed E-state index contributed by atoms with van der Waals surface area (Å²) in [5, 5.41) is 57.5. The number of rotatable bonds is 71. The van der Waals surface area contributed by atoms with E-state index in [-0.39, 0.29) is 13.0 Å². The van der Waals surface area contributed by atoms with Crippen LogP contribution >= 0.6 is 0 Å². The quantitative estimate of drug-likeness (QED) is 0.0195. The molecule has 95 heavy (non-hydrogen) atoms. The molecule has 1 rings (SSSR count). The molecule has 0 saturated carbocycles. The molecule has 1 amide bonds. The van der Waals surface area contributed by atoms with Crippen LogP contribution < -0.4 is 5.32 Å². The minimum absolute atomic E-state index is 0.123. The molecule has 6 N–H and O–H groups in total. The van der Waals surface area contributed by atoms with Gasteiger partial charge in [-0.3, -0.25) is 9.59 Å². The van der Waals surface area contributed by atoms with Crippen LogP contribution in [0, 0.1) is 0 Å². The first-order valence-corrected chi connectivity index (χ1v) is 40.7. The number of hydrogen-bond donors (Lipinski definition) is 6. The number of carbonyl (C=O) groups is 2. The van der Waals surface area contributed by atoms with Gasteiger partial charge in [0.25, 0.3) is 0 Å². The van der Waals surface area contributed by atoms with Crippen LogP contribution in [0.5, 0.6) is 0 Å². The molecule has 8 unspecified atom stereocenters. The van der Waals surface area contributed by atoms with Gasteiger partial charge in [-0.25, -0.2) is 0 Å². The van der Waals surface area contributed by atoms with Gasteiger partial charge in [-0.2, -0.15) is 0 Å². The van der Waals surface area contributed by atoms with Gasteiger partial charge in [-0.05, 0) is 96.3 Å². The Bertz CT molecular complexity index is 1830. The molecule has 1 fully saturated rings. The summed E-state index contributed by atoms with van der Waals surface area (Å²) in [6.07, 6.45) is 83.8. The van der Waals surface area contributed by atoms with Gasteiger partial charge >= 0.3 is 5.97 Å². The van der Waals surface area contributed by atoms with Gasteiger partial charge in [0, 0.05) is 6.42 Å². The van der Waals surface area contributed by atoms with Crippen LogP contribution in [0.2, 0.25) is 0 Å². The van der Waals surface area contributed by atoms with Crippen molar-refractivity contribution in [2.75, 3.05) is 13.2 Å². The van der Waals surface area contributed by atoms with Crippen LogP contribution in [0.3, 0.4) is 0 Å². The lowest BCUT2D eigenvalue weighted by atomic mass is 9.99. The number of allylic oxidation sites excluding steroid dienone is 11. The fourth-order valence-corrected chi connectivity index (χ4v) is 12.7. The summed E-state index contributed by atoms with van der Waals surface area (Å²) in [5.41, 5.74) is 0. The Hall–Kier alpha value is -2.90. The Kier molecular flexibility index (Phi) is 67.3. The zero-order chi connectivity index (χ0) is 68.8. The molecule has 0 spiro atoms. The van der Waals surface area contributed by atoms with Crippen molar-refractivity contribution in [3.63, 3.8) is 0 Å². The van der Waals surface area contributed by atoms with Crippen molar-refractivity contribution in [2.24, 2.45) is 0 Å². The van der Waals surface area contributed by atoms with E-state index in [2.05, 4.69) is 86.8 Å². The van der Waals surface area contributed by atoms with Crippen LogP contribution in [0.4, 0.5) is 0 Å². The van der Waals surface area contributed by atoms with E-state index in [1.54, 1.807) is 6.08 Å². The van der Waals surface area contributed by atoms with Gasteiger partial charge in [0.15, 0.2) is 12.4 Å². The standard InChI is InChI=1S/C84H153NO10/c1-4-7-10-13-16-19-22-25-27-29-31-33-35-37-39-41-43-45-47-49-51-54-57-60-63-66-69-72-79(89)95-82-81(91)80(90)78(73-86)94-84(82)93-74-75(76(87)70-67-64-61-58-55-52-24-21-18-15-12-9-6-3)85-83(92)77(88)71-68-65-62-59-56-53-50-48-46-44-42-40-38-36-34-32-30-28-26-23-20-17-14-11-8-5-2/h16-17,19-20,25-28,31,33,67,70,75-78,80-82,84,86-88,90-91H,4-15,18,21-24,29-30,32,34-66,68-69,71-74H2,1-3H3,(H,85,92)/b19-16-,20-17-,27-25-,28-26-,33-31-,70-67+. The lowest BCUT2D eigenvalue weighted by molar-refractivity contribution is -0.305. The zero-order valence-electron chi connectivity index (χ0n) is 62.0. The average Bonchev–Trinajstić information content (AvgIpc) is 0.823. The first-order chi connectivity index (χ1) is 46.7. The number of ether oxygens (including phenoxy) is 3. The summed E-state index contributed by atoms with van der Waals surface area (Å²) in [6, 6.07) is -1.03. The third kappa shape index (κ3) is 57.6. The first-order valence-electron chi connectivity index (χ1n) is 40.7. The van der Waals surface area contributed by atoms with Gasteiger partial charge in [0.1, 0.15) is 24.4 Å². The van der Waals surface area contributed by atoms with Gasteiger partial charge in [0.2, 0.25) is 5.91 Å². The van der Waals surface area contributed by atoms with Crippen molar-refractivity contribution < 1.29 is 49.3 Å². The molecule has 1 aliphatic rings. The highest BCUT2D eigenvalue weighted by Crippen LogP contribution is 2.27. The summed E-state index contributed by atoms with van der Waals surface area (Å²) in [7, 11) is 0. The Balaban J connectivity index is 2.49. The third-order valence-corrected chi connectivity index (χ3v) is 19.1. The topological polar surface area (TPSA) is 175 Å². The molecule has 0 aromatic rings. The highest BCUT2D eigenvalue weighted by Gasteiger charge is 2.47. The molecule has 1 saturated heterocycles. The summed E-state index contributed by atoms with van der Waals surface area (Å²) in [6.45, 7) is 5.80. The predicted molar refractivity (Wildman–Crippen MR) is 403 cm³/mol. The van der Waals surface area contributed by atoms with Crippen LogP contribution in [-0.2, 0) is 23.8 Å². The van der Waals surface area contributed by atoms with Crippen molar-refractivity contribution >= 4 is 11.9 Å². The molecule has 1 heterocycles. The van der Waals surface area contributed by atoms with Crippen LogP contribution in [-0.4, -0.2) is 99.6 Å². The second-order valence-corrected chi connectivity index (χ2v) is 28.1. The second kappa shape index (κ2) is 70.9. The summed E-state index contributed by atoms with van der Waals surface area (Å²) in [4.78, 5) is 26.8. The number of hydrogen-bond acceptors (Lipinski definition) is 10. The predicted octanol–water partition coefficient (Wildman–Crippen LogP) is 22.2. The van der Waals surface area contributed by atoms with Crippen molar-refractivity contribution in [1.29, 1.82) is 0 Å². The number of aliphatic hydroxyl groups is 5. The lowest BCUT2D eigenvalue weighted by Crippen LogP contribution is -2.61. The normalized spacial score (nSPS) is 18.1. The zero-order valence-corrected chi connectivity index (χ0v) is 62.0. The van der Waals surface area contributed by atoms with Crippen molar-refractivity contribution in [3.05, 3.63) is 72.9 Å². The molecule has 0 aliphatic carbocycles. The molecule has 0 aromatic carbocycles. The van der Waals surface area contributed by atoms with E-state index >= 15 is 0 Å². The number of amides is 1. The molecular formula is C84H153NO10. The molecule has 0 bridgehead atoms. The first kappa shape index (κ1) is 90.1. The van der Waals surface area contributed by atoms with E-state index in [0.717, 1.165) is 77.0 Å². The average molecular weight is 1340 g/mol. The monoisotopic (exact) mass is 1340 g/mol. The maximum Gasteiger partial charge on any atom is 0.306 e. The second-order valence-electron chi connectivity index (χ2n) is 28.1. The van der Waals surface area contributed by atoms with E-state index in [4.69, 9.17) is 14.2 Å². The Morgan fingerprint density at radius 1 is 0.411 bits per heavy atom. The number of aliphatic hydroxyl groups excluding tert-OH is 5. The van der Waals surface area contributed by atoms with E-state index in [1.165, 1.54) is 263 Å². The third-order valence-electron chi connectivity index (χ3n) is 19.1. The van der Waals surface area contributed by atoms with Crippen molar-refractivity contribution in [3.8, 4) is 0 Å². The molecule has 0 aromatic heterocycles. The van der Waals surface area contributed by atoms with Crippen LogP contribution in [0.15, 0.2) is 72.9 Å². The number of carbonyl (C=O) groups excluding carboxylic acids is 2. The molecule has 11 nitrogen and oxygen atoms in total. The summed E-state index contributed by atoms with van der Waals surface area (Å²) < 4.78 is 17.8.